The van der Waals surface area contributed by atoms with Crippen LogP contribution >= 0.6 is 23.1 Å². The summed E-state index contributed by atoms with van der Waals surface area (Å²) in [7, 11) is 1.76. The van der Waals surface area contributed by atoms with Crippen LogP contribution in [0.3, 0.4) is 0 Å². The molecule has 5 heteroatoms. The van der Waals surface area contributed by atoms with Crippen molar-refractivity contribution in [2.24, 2.45) is 5.41 Å². The second kappa shape index (κ2) is 6.34. The number of nitrogens with zero attached hydrogens (tertiary/aromatic N) is 1. The molecule has 1 saturated heterocycles. The lowest BCUT2D eigenvalue weighted by Gasteiger charge is -2.44. The molecule has 2 heterocycles. The Bertz CT molecular complexity index is 439. The summed E-state index contributed by atoms with van der Waals surface area (Å²) >= 11 is 3.89. The number of thiazole rings is 1. The van der Waals surface area contributed by atoms with Crippen molar-refractivity contribution in [2.75, 3.05) is 31.8 Å². The van der Waals surface area contributed by atoms with E-state index < -0.39 is 0 Å². The molecule has 1 aromatic heterocycles. The smallest absolute Gasteiger partial charge is 0.114 e. The molecule has 0 aliphatic carbocycles. The van der Waals surface area contributed by atoms with Crippen LogP contribution in [-0.2, 0) is 10.3 Å². The van der Waals surface area contributed by atoms with E-state index in [1.807, 2.05) is 23.1 Å². The Morgan fingerprint density at radius 2 is 2.05 bits per heavy atom. The third-order valence-electron chi connectivity index (χ3n) is 3.83. The van der Waals surface area contributed by atoms with Gasteiger partial charge in [-0.2, -0.15) is 11.8 Å². The number of nitrogens with one attached hydrogen (secondary N) is 1. The first-order valence-electron chi connectivity index (χ1n) is 7.15. The Hall–Kier alpha value is -0.100. The lowest BCUT2D eigenvalue weighted by molar-refractivity contribution is 0.168. The Balaban J connectivity index is 2.28. The van der Waals surface area contributed by atoms with Crippen molar-refractivity contribution in [2.45, 2.75) is 39.7 Å². The zero-order valence-corrected chi connectivity index (χ0v) is 14.8. The highest BCUT2D eigenvalue weighted by Gasteiger charge is 2.43. The van der Waals surface area contributed by atoms with Gasteiger partial charge in [-0.25, -0.2) is 4.98 Å². The summed E-state index contributed by atoms with van der Waals surface area (Å²) < 4.78 is 5.21. The van der Waals surface area contributed by atoms with E-state index in [1.54, 1.807) is 7.11 Å². The van der Waals surface area contributed by atoms with Gasteiger partial charge in [-0.3, -0.25) is 0 Å². The molecule has 2 rings (SSSR count). The van der Waals surface area contributed by atoms with Crippen molar-refractivity contribution >= 4 is 23.1 Å². The van der Waals surface area contributed by atoms with Gasteiger partial charge < -0.3 is 10.1 Å². The second-order valence-electron chi connectivity index (χ2n) is 6.50. The van der Waals surface area contributed by atoms with Crippen LogP contribution in [-0.4, -0.2) is 36.8 Å². The van der Waals surface area contributed by atoms with Gasteiger partial charge in [-0.1, -0.05) is 13.8 Å². The Kier molecular flexibility index (Phi) is 5.16. The number of hydrogen-bond acceptors (Lipinski definition) is 5. The molecule has 1 aromatic rings. The van der Waals surface area contributed by atoms with Gasteiger partial charge in [0.25, 0.3) is 0 Å². The van der Waals surface area contributed by atoms with Crippen molar-refractivity contribution < 1.29 is 4.74 Å². The van der Waals surface area contributed by atoms with Crippen molar-refractivity contribution in [3.63, 3.8) is 0 Å². The lowest BCUT2D eigenvalue weighted by atomic mass is 9.80. The molecule has 1 aliphatic rings. The van der Waals surface area contributed by atoms with Crippen LogP contribution in [0.4, 0.5) is 0 Å². The number of aromatic nitrogens is 1. The summed E-state index contributed by atoms with van der Waals surface area (Å²) in [6.07, 6.45) is 1.14. The van der Waals surface area contributed by atoms with Crippen LogP contribution in [0.1, 0.15) is 35.8 Å². The predicted octanol–water partition coefficient (Wildman–Crippen LogP) is 3.35. The van der Waals surface area contributed by atoms with Crippen LogP contribution in [0.15, 0.2) is 0 Å². The molecule has 1 aliphatic heterocycles. The maximum Gasteiger partial charge on any atom is 0.114 e. The van der Waals surface area contributed by atoms with Crippen LogP contribution in [0.25, 0.3) is 0 Å². The summed E-state index contributed by atoms with van der Waals surface area (Å²) in [5.41, 5.74) is 1.52. The van der Waals surface area contributed by atoms with E-state index >= 15 is 0 Å². The zero-order chi connectivity index (χ0) is 14.8. The summed E-state index contributed by atoms with van der Waals surface area (Å²) in [6, 6.07) is 0. The van der Waals surface area contributed by atoms with Gasteiger partial charge in [-0.15, -0.1) is 11.3 Å². The van der Waals surface area contributed by atoms with Gasteiger partial charge in [0.1, 0.15) is 5.01 Å². The normalized spacial score (nSPS) is 25.9. The quantitative estimate of drug-likeness (QED) is 0.845. The van der Waals surface area contributed by atoms with Crippen molar-refractivity contribution in [3.05, 3.63) is 15.6 Å². The van der Waals surface area contributed by atoms with Crippen LogP contribution in [0.2, 0.25) is 0 Å². The van der Waals surface area contributed by atoms with E-state index in [2.05, 4.69) is 33.0 Å². The van der Waals surface area contributed by atoms with E-state index in [0.29, 0.717) is 5.41 Å². The van der Waals surface area contributed by atoms with E-state index in [0.717, 1.165) is 25.3 Å². The third-order valence-corrected chi connectivity index (χ3v) is 6.79. The minimum atomic E-state index is 0.00856. The van der Waals surface area contributed by atoms with Crippen molar-refractivity contribution in [3.8, 4) is 0 Å². The summed E-state index contributed by atoms with van der Waals surface area (Å²) in [5.74, 6) is 2.33. The molecule has 20 heavy (non-hydrogen) atoms. The van der Waals surface area contributed by atoms with Crippen LogP contribution in [0, 0.1) is 19.3 Å². The fourth-order valence-corrected chi connectivity index (χ4v) is 5.43. The van der Waals surface area contributed by atoms with E-state index in [1.165, 1.54) is 21.3 Å². The second-order valence-corrected chi connectivity index (χ2v) is 8.68. The molecule has 1 fully saturated rings. The lowest BCUT2D eigenvalue weighted by Crippen LogP contribution is -2.51. The predicted molar refractivity (Wildman–Crippen MR) is 88.9 cm³/mol. The fraction of sp³-hybridized carbons (Fsp3) is 0.800. The third kappa shape index (κ3) is 3.56. The number of ether oxygens (including phenoxy) is 1. The number of hydrogen-bond donors (Lipinski definition) is 1. The average Bonchev–Trinajstić information content (AvgIpc) is 2.69. The number of methoxy groups -OCH3 is 1. The molecule has 0 spiro atoms. The van der Waals surface area contributed by atoms with E-state index in [4.69, 9.17) is 9.72 Å². The SMILES string of the molecule is COCCNC1(c2nc(C)c(C)s2)CSCC(C)(C)C1. The number of aryl methyl sites for hydroxylation is 2. The van der Waals surface area contributed by atoms with Crippen molar-refractivity contribution in [1.82, 2.24) is 10.3 Å². The van der Waals surface area contributed by atoms with E-state index in [9.17, 15) is 0 Å². The Morgan fingerprint density at radius 1 is 1.30 bits per heavy atom. The topological polar surface area (TPSA) is 34.1 Å². The van der Waals surface area contributed by atoms with Gasteiger partial charge in [0.2, 0.25) is 0 Å². The standard InChI is InChI=1S/C15H26N2OS2/c1-11-12(2)20-13(17-11)15(16-6-7-18-5)8-14(3,4)9-19-10-15/h16H,6-10H2,1-5H3. The Morgan fingerprint density at radius 3 is 2.60 bits per heavy atom. The fourth-order valence-electron chi connectivity index (χ4n) is 2.82. The van der Waals surface area contributed by atoms with Gasteiger partial charge >= 0.3 is 0 Å². The number of rotatable bonds is 5. The highest BCUT2D eigenvalue weighted by molar-refractivity contribution is 7.99. The summed E-state index contributed by atoms with van der Waals surface area (Å²) in [5, 5.41) is 5.00. The van der Waals surface area contributed by atoms with E-state index in [-0.39, 0.29) is 5.54 Å². The van der Waals surface area contributed by atoms with Gasteiger partial charge in [0, 0.05) is 24.3 Å². The summed E-state index contributed by atoms with van der Waals surface area (Å²) in [6.45, 7) is 10.6. The molecule has 0 aromatic carbocycles. The summed E-state index contributed by atoms with van der Waals surface area (Å²) in [4.78, 5) is 6.19. The molecule has 0 radical (unpaired) electrons. The number of thioether (sulfide) groups is 1. The maximum absolute atomic E-state index is 5.21. The molecule has 0 bridgehead atoms. The molecule has 1 atom stereocenters. The molecule has 1 N–H and O–H groups in total. The molecule has 114 valence electrons. The van der Waals surface area contributed by atoms with Gasteiger partial charge in [0.15, 0.2) is 0 Å². The molecular weight excluding hydrogens is 288 g/mol. The molecule has 1 unspecified atom stereocenters. The average molecular weight is 315 g/mol. The molecular formula is C15H26N2OS2. The monoisotopic (exact) mass is 314 g/mol. The minimum Gasteiger partial charge on any atom is -0.383 e. The molecule has 3 nitrogen and oxygen atoms in total. The van der Waals surface area contributed by atoms with Gasteiger partial charge in [-0.05, 0) is 31.4 Å². The maximum atomic E-state index is 5.21. The molecule has 0 amide bonds. The first-order chi connectivity index (χ1) is 9.38. The van der Waals surface area contributed by atoms with Crippen molar-refractivity contribution in [1.29, 1.82) is 0 Å². The minimum absolute atomic E-state index is 0.00856. The van der Waals surface area contributed by atoms with Gasteiger partial charge in [0.05, 0.1) is 17.8 Å². The Labute approximate surface area is 130 Å². The largest absolute Gasteiger partial charge is 0.383 e. The highest BCUT2D eigenvalue weighted by atomic mass is 32.2. The first-order valence-corrected chi connectivity index (χ1v) is 9.12. The first kappa shape index (κ1) is 16.3. The highest BCUT2D eigenvalue weighted by Crippen LogP contribution is 2.45. The zero-order valence-electron chi connectivity index (χ0n) is 13.2. The molecule has 0 saturated carbocycles. The van der Waals surface area contributed by atoms with Crippen LogP contribution < -0.4 is 5.32 Å². The van der Waals surface area contributed by atoms with Crippen LogP contribution in [0.5, 0.6) is 0 Å².